The van der Waals surface area contributed by atoms with Crippen LogP contribution in [0.3, 0.4) is 0 Å². The van der Waals surface area contributed by atoms with Crippen LogP contribution in [0.25, 0.3) is 11.1 Å². The monoisotopic (exact) mass is 320 g/mol. The molecule has 1 heterocycles. The summed E-state index contributed by atoms with van der Waals surface area (Å²) >= 11 is 0. The molecule has 1 aromatic carbocycles. The average molecular weight is 320 g/mol. The first kappa shape index (κ1) is 17.5. The standard InChI is InChI=1S/C19H25FO3/c1-6-13(16(20)11-21)15-8-14-12(3)10-19(4,5)23-18(14)9-17(15)22-7-2/h8-10,21H,6-7,11H2,1-5H3. The molecule has 1 aliphatic rings. The van der Waals surface area contributed by atoms with Crippen LogP contribution >= 0.6 is 0 Å². The van der Waals surface area contributed by atoms with E-state index in [1.54, 1.807) is 0 Å². The predicted octanol–water partition coefficient (Wildman–Crippen LogP) is 4.74. The smallest absolute Gasteiger partial charge is 0.131 e. The van der Waals surface area contributed by atoms with Crippen LogP contribution in [-0.4, -0.2) is 23.9 Å². The molecule has 4 heteroatoms. The molecule has 1 aromatic rings. The maximum atomic E-state index is 14.1. The van der Waals surface area contributed by atoms with Gasteiger partial charge in [-0.3, -0.25) is 0 Å². The highest BCUT2D eigenvalue weighted by atomic mass is 19.1. The van der Waals surface area contributed by atoms with Crippen LogP contribution in [0.4, 0.5) is 4.39 Å². The minimum Gasteiger partial charge on any atom is -0.493 e. The van der Waals surface area contributed by atoms with E-state index in [0.717, 1.165) is 16.9 Å². The molecule has 1 N–H and O–H groups in total. The number of benzene rings is 1. The molecule has 0 atom stereocenters. The first-order valence-corrected chi connectivity index (χ1v) is 8.01. The van der Waals surface area contributed by atoms with Crippen molar-refractivity contribution in [1.29, 1.82) is 0 Å². The molecule has 0 bridgehead atoms. The van der Waals surface area contributed by atoms with E-state index in [1.165, 1.54) is 0 Å². The Labute approximate surface area is 137 Å². The topological polar surface area (TPSA) is 38.7 Å². The van der Waals surface area contributed by atoms with Crippen molar-refractivity contribution >= 4 is 11.1 Å². The van der Waals surface area contributed by atoms with Gasteiger partial charge in [-0.1, -0.05) is 6.92 Å². The summed E-state index contributed by atoms with van der Waals surface area (Å²) in [6.07, 6.45) is 2.53. The molecule has 0 fully saturated rings. The third-order valence-electron chi connectivity index (χ3n) is 3.89. The van der Waals surface area contributed by atoms with Crippen molar-refractivity contribution in [2.45, 2.75) is 46.6 Å². The second kappa shape index (κ2) is 6.75. The number of ether oxygens (including phenoxy) is 2. The van der Waals surface area contributed by atoms with Gasteiger partial charge in [0.15, 0.2) is 0 Å². The summed E-state index contributed by atoms with van der Waals surface area (Å²) in [4.78, 5) is 0. The minimum atomic E-state index is -0.607. The molecule has 0 unspecified atom stereocenters. The molecule has 0 aliphatic carbocycles. The van der Waals surface area contributed by atoms with Crippen LogP contribution in [0.1, 0.15) is 52.2 Å². The lowest BCUT2D eigenvalue weighted by atomic mass is 9.91. The highest BCUT2D eigenvalue weighted by Gasteiger charge is 2.27. The van der Waals surface area contributed by atoms with Gasteiger partial charge in [0.05, 0.1) is 13.2 Å². The van der Waals surface area contributed by atoms with Crippen LogP contribution in [0.2, 0.25) is 0 Å². The van der Waals surface area contributed by atoms with Gasteiger partial charge in [-0.15, -0.1) is 0 Å². The lowest BCUT2D eigenvalue weighted by molar-refractivity contribution is 0.157. The van der Waals surface area contributed by atoms with Gasteiger partial charge < -0.3 is 14.6 Å². The molecule has 0 radical (unpaired) electrons. The van der Waals surface area contributed by atoms with Gasteiger partial charge >= 0.3 is 0 Å². The van der Waals surface area contributed by atoms with Crippen LogP contribution in [-0.2, 0) is 0 Å². The van der Waals surface area contributed by atoms with Crippen molar-refractivity contribution in [1.82, 2.24) is 0 Å². The van der Waals surface area contributed by atoms with E-state index < -0.39 is 12.4 Å². The molecule has 1 aliphatic heterocycles. The molecule has 0 aromatic heterocycles. The first-order valence-electron chi connectivity index (χ1n) is 8.01. The van der Waals surface area contributed by atoms with Crippen molar-refractivity contribution in [3.63, 3.8) is 0 Å². The molecule has 23 heavy (non-hydrogen) atoms. The minimum absolute atomic E-state index is 0.387. The second-order valence-corrected chi connectivity index (χ2v) is 6.21. The van der Waals surface area contributed by atoms with Crippen molar-refractivity contribution in [2.75, 3.05) is 13.2 Å². The van der Waals surface area contributed by atoms with Gasteiger partial charge in [0.1, 0.15) is 22.9 Å². The normalized spacial score (nSPS) is 16.9. The van der Waals surface area contributed by atoms with Gasteiger partial charge in [0, 0.05) is 17.2 Å². The lowest BCUT2D eigenvalue weighted by Gasteiger charge is -2.31. The molecule has 0 amide bonds. The van der Waals surface area contributed by atoms with Crippen molar-refractivity contribution in [2.24, 2.45) is 0 Å². The maximum absolute atomic E-state index is 14.1. The number of rotatable bonds is 5. The Balaban J connectivity index is 2.67. The zero-order valence-electron chi connectivity index (χ0n) is 14.5. The van der Waals surface area contributed by atoms with E-state index in [1.807, 2.05) is 46.8 Å². The van der Waals surface area contributed by atoms with E-state index in [9.17, 15) is 4.39 Å². The maximum Gasteiger partial charge on any atom is 0.131 e. The van der Waals surface area contributed by atoms with E-state index in [4.69, 9.17) is 14.6 Å². The average Bonchev–Trinajstić information content (AvgIpc) is 2.47. The number of aliphatic hydroxyl groups is 1. The van der Waals surface area contributed by atoms with Crippen LogP contribution in [0.5, 0.6) is 11.5 Å². The van der Waals surface area contributed by atoms with E-state index in [2.05, 4.69) is 6.08 Å². The molecule has 126 valence electrons. The predicted molar refractivity (Wildman–Crippen MR) is 91.4 cm³/mol. The second-order valence-electron chi connectivity index (χ2n) is 6.21. The summed E-state index contributed by atoms with van der Waals surface area (Å²) < 4.78 is 25.8. The van der Waals surface area contributed by atoms with Gasteiger partial charge in [0.2, 0.25) is 0 Å². The summed E-state index contributed by atoms with van der Waals surface area (Å²) in [6.45, 7) is 9.63. The lowest BCUT2D eigenvalue weighted by Crippen LogP contribution is -2.28. The largest absolute Gasteiger partial charge is 0.493 e. The zero-order valence-corrected chi connectivity index (χ0v) is 14.5. The SMILES string of the molecule is CCOc1cc2c(cc1C(CC)=C(F)CO)C(C)=CC(C)(C)O2. The number of allylic oxidation sites excluding steroid dienone is 2. The summed E-state index contributed by atoms with van der Waals surface area (Å²) in [5, 5.41) is 9.17. The van der Waals surface area contributed by atoms with E-state index >= 15 is 0 Å². The van der Waals surface area contributed by atoms with Crippen LogP contribution in [0.15, 0.2) is 24.0 Å². The van der Waals surface area contributed by atoms with Crippen LogP contribution < -0.4 is 9.47 Å². The molecular weight excluding hydrogens is 295 g/mol. The summed E-state index contributed by atoms with van der Waals surface area (Å²) in [6, 6.07) is 3.72. The molecule has 0 saturated heterocycles. The van der Waals surface area contributed by atoms with Crippen LogP contribution in [0, 0.1) is 0 Å². The number of hydrogen-bond donors (Lipinski definition) is 1. The summed E-state index contributed by atoms with van der Waals surface area (Å²) in [5.74, 6) is 0.798. The van der Waals surface area contributed by atoms with E-state index in [-0.39, 0.29) is 5.60 Å². The van der Waals surface area contributed by atoms with Crippen molar-refractivity contribution < 1.29 is 19.0 Å². The van der Waals surface area contributed by atoms with Gasteiger partial charge in [0.25, 0.3) is 0 Å². The third kappa shape index (κ3) is 3.58. The van der Waals surface area contributed by atoms with Crippen molar-refractivity contribution in [3.8, 4) is 11.5 Å². The number of fused-ring (bicyclic) bond motifs is 1. The molecule has 2 rings (SSSR count). The number of aliphatic hydroxyl groups excluding tert-OH is 1. The Kier molecular flexibility index (Phi) is 5.15. The van der Waals surface area contributed by atoms with Gasteiger partial charge in [-0.05, 0) is 57.4 Å². The Morgan fingerprint density at radius 2 is 2.00 bits per heavy atom. The Bertz CT molecular complexity index is 657. The molecule has 0 saturated carbocycles. The van der Waals surface area contributed by atoms with Gasteiger partial charge in [-0.25, -0.2) is 4.39 Å². The molecule has 3 nitrogen and oxygen atoms in total. The first-order chi connectivity index (χ1) is 10.8. The zero-order chi connectivity index (χ0) is 17.2. The quantitative estimate of drug-likeness (QED) is 0.851. The fourth-order valence-electron chi connectivity index (χ4n) is 3.00. The third-order valence-corrected chi connectivity index (χ3v) is 3.89. The summed E-state index contributed by atoms with van der Waals surface area (Å²) in [5.41, 5.74) is 2.77. The van der Waals surface area contributed by atoms with Crippen molar-refractivity contribution in [3.05, 3.63) is 35.2 Å². The fraction of sp³-hybridized carbons (Fsp3) is 0.474. The Hall–Kier alpha value is -1.81. The van der Waals surface area contributed by atoms with E-state index in [0.29, 0.717) is 29.9 Å². The molecular formula is C19H25FO3. The number of halogens is 1. The highest BCUT2D eigenvalue weighted by molar-refractivity contribution is 5.80. The Morgan fingerprint density at radius 1 is 1.30 bits per heavy atom. The highest BCUT2D eigenvalue weighted by Crippen LogP contribution is 2.43. The van der Waals surface area contributed by atoms with Gasteiger partial charge in [-0.2, -0.15) is 0 Å². The molecule has 0 spiro atoms. The number of hydrogen-bond acceptors (Lipinski definition) is 3. The summed E-state index contributed by atoms with van der Waals surface area (Å²) in [7, 11) is 0. The Morgan fingerprint density at radius 3 is 2.57 bits per heavy atom. The fourth-order valence-corrected chi connectivity index (χ4v) is 3.00.